The summed E-state index contributed by atoms with van der Waals surface area (Å²) in [6.45, 7) is 0.219. The largest absolute Gasteiger partial charge is 0.447 e. The van der Waals surface area contributed by atoms with E-state index in [2.05, 4.69) is 10.1 Å². The number of halogens is 1. The van der Waals surface area contributed by atoms with E-state index in [-0.39, 0.29) is 19.3 Å². The van der Waals surface area contributed by atoms with Crippen LogP contribution in [0.5, 0.6) is 0 Å². The highest BCUT2D eigenvalue weighted by atomic mass is 19.1. The Morgan fingerprint density at radius 2 is 2.05 bits per heavy atom. The van der Waals surface area contributed by atoms with Gasteiger partial charge < -0.3 is 14.8 Å². The van der Waals surface area contributed by atoms with E-state index >= 15 is 0 Å². The summed E-state index contributed by atoms with van der Waals surface area (Å²) in [7, 11) is 1.47. The van der Waals surface area contributed by atoms with E-state index in [0.717, 1.165) is 4.90 Å². The first kappa shape index (κ1) is 15.5. The number of ether oxygens (including phenoxy) is 2. The molecule has 0 aromatic heterocycles. The number of carbonyl (C=O) groups excluding carboxylic acids is 3. The number of hydrogen-bond acceptors (Lipinski definition) is 5. The van der Waals surface area contributed by atoms with E-state index in [4.69, 9.17) is 4.74 Å². The van der Waals surface area contributed by atoms with Gasteiger partial charge in [-0.05, 0) is 31.6 Å². The maximum atomic E-state index is 14.2. The molecular formula is C13H19FN2O5. The summed E-state index contributed by atoms with van der Waals surface area (Å²) in [4.78, 5) is 35.1. The lowest BCUT2D eigenvalue weighted by Gasteiger charge is -2.30. The van der Waals surface area contributed by atoms with Crippen molar-refractivity contribution in [3.05, 3.63) is 0 Å². The normalized spacial score (nSPS) is 27.0. The fraction of sp³-hybridized carbons (Fsp3) is 0.769. The van der Waals surface area contributed by atoms with Crippen LogP contribution in [0.1, 0.15) is 25.7 Å². The average molecular weight is 302 g/mol. The Balaban J connectivity index is 1.82. The smallest absolute Gasteiger partial charge is 0.416 e. The van der Waals surface area contributed by atoms with Gasteiger partial charge in [-0.15, -0.1) is 0 Å². The summed E-state index contributed by atoms with van der Waals surface area (Å²) in [6.07, 6.45) is -1.34. The van der Waals surface area contributed by atoms with Crippen molar-refractivity contribution in [1.82, 2.24) is 10.2 Å². The number of hydrogen-bond donors (Lipinski definition) is 1. The van der Waals surface area contributed by atoms with Gasteiger partial charge in [0, 0.05) is 7.05 Å². The van der Waals surface area contributed by atoms with Crippen LogP contribution in [0.3, 0.4) is 0 Å². The van der Waals surface area contributed by atoms with Crippen LogP contribution in [0.2, 0.25) is 0 Å². The second-order valence-corrected chi connectivity index (χ2v) is 5.20. The summed E-state index contributed by atoms with van der Waals surface area (Å²) >= 11 is 0. The van der Waals surface area contributed by atoms with Gasteiger partial charge in [-0.3, -0.25) is 4.79 Å². The van der Waals surface area contributed by atoms with Crippen molar-refractivity contribution in [1.29, 1.82) is 0 Å². The average Bonchev–Trinajstić information content (AvgIpc) is 2.92. The number of amides is 3. The summed E-state index contributed by atoms with van der Waals surface area (Å²) in [5.74, 6) is -1.27. The number of alkyl halides is 1. The van der Waals surface area contributed by atoms with Crippen molar-refractivity contribution in [2.24, 2.45) is 5.92 Å². The van der Waals surface area contributed by atoms with E-state index in [9.17, 15) is 18.8 Å². The molecule has 1 atom stereocenters. The van der Waals surface area contributed by atoms with Crippen molar-refractivity contribution in [2.75, 3.05) is 20.2 Å². The zero-order chi connectivity index (χ0) is 15.4. The Morgan fingerprint density at radius 1 is 1.38 bits per heavy atom. The van der Waals surface area contributed by atoms with Crippen LogP contribution in [0, 0.1) is 5.92 Å². The molecule has 0 spiro atoms. The van der Waals surface area contributed by atoms with Crippen LogP contribution < -0.4 is 5.32 Å². The Hall–Kier alpha value is -1.86. The van der Waals surface area contributed by atoms with Crippen LogP contribution in [0.15, 0.2) is 0 Å². The van der Waals surface area contributed by atoms with E-state index in [1.807, 2.05) is 0 Å². The predicted molar refractivity (Wildman–Crippen MR) is 69.2 cm³/mol. The molecule has 1 N–H and O–H groups in total. The number of carbonyl (C=O) groups is 3. The molecule has 1 aliphatic heterocycles. The lowest BCUT2D eigenvalue weighted by molar-refractivity contribution is -0.135. The zero-order valence-electron chi connectivity index (χ0n) is 11.8. The van der Waals surface area contributed by atoms with Crippen molar-refractivity contribution < 1.29 is 28.2 Å². The van der Waals surface area contributed by atoms with Gasteiger partial charge in [-0.25, -0.2) is 18.9 Å². The summed E-state index contributed by atoms with van der Waals surface area (Å²) in [5, 5.41) is 2.36. The highest BCUT2D eigenvalue weighted by molar-refractivity contribution is 5.95. The molecule has 1 heterocycles. The quantitative estimate of drug-likeness (QED) is 0.847. The molecule has 2 fully saturated rings. The maximum Gasteiger partial charge on any atom is 0.416 e. The molecule has 3 amide bonds. The Labute approximate surface area is 121 Å². The van der Waals surface area contributed by atoms with Gasteiger partial charge in [0.1, 0.15) is 12.7 Å². The van der Waals surface area contributed by atoms with E-state index in [1.54, 1.807) is 0 Å². The number of nitrogens with zero attached hydrogens (tertiary/aromatic N) is 1. The van der Waals surface area contributed by atoms with Crippen molar-refractivity contribution in [3.8, 4) is 0 Å². The van der Waals surface area contributed by atoms with E-state index in [0.29, 0.717) is 25.7 Å². The third-order valence-electron chi connectivity index (χ3n) is 3.87. The van der Waals surface area contributed by atoms with Gasteiger partial charge in [-0.2, -0.15) is 0 Å². The fourth-order valence-corrected chi connectivity index (χ4v) is 2.65. The summed E-state index contributed by atoms with van der Waals surface area (Å²) < 4.78 is 24.0. The number of rotatable bonds is 3. The first-order valence-electron chi connectivity index (χ1n) is 7.03. The Morgan fingerprint density at radius 3 is 2.57 bits per heavy atom. The van der Waals surface area contributed by atoms with Crippen LogP contribution in [-0.2, 0) is 14.3 Å². The first-order chi connectivity index (χ1) is 10.0. The van der Waals surface area contributed by atoms with Gasteiger partial charge in [0.25, 0.3) is 5.91 Å². The first-order valence-corrected chi connectivity index (χ1v) is 7.03. The maximum absolute atomic E-state index is 14.2. The third-order valence-corrected chi connectivity index (χ3v) is 3.87. The molecule has 2 aliphatic rings. The molecule has 7 nitrogen and oxygen atoms in total. The second-order valence-electron chi connectivity index (χ2n) is 5.20. The minimum Gasteiger partial charge on any atom is -0.447 e. The van der Waals surface area contributed by atoms with Gasteiger partial charge in [0.2, 0.25) is 0 Å². The monoisotopic (exact) mass is 302 g/mol. The van der Waals surface area contributed by atoms with Gasteiger partial charge in [-0.1, -0.05) is 0 Å². The molecule has 1 aliphatic carbocycles. The molecule has 21 heavy (non-hydrogen) atoms. The van der Waals surface area contributed by atoms with Crippen LogP contribution in [0.4, 0.5) is 14.0 Å². The van der Waals surface area contributed by atoms with Crippen molar-refractivity contribution in [3.63, 3.8) is 0 Å². The van der Waals surface area contributed by atoms with Crippen molar-refractivity contribution >= 4 is 18.1 Å². The lowest BCUT2D eigenvalue weighted by Crippen LogP contribution is -2.42. The van der Waals surface area contributed by atoms with Gasteiger partial charge in [0.15, 0.2) is 6.17 Å². The third kappa shape index (κ3) is 3.62. The fourth-order valence-electron chi connectivity index (χ4n) is 2.65. The predicted octanol–water partition coefficient (Wildman–Crippen LogP) is 1.22. The van der Waals surface area contributed by atoms with Gasteiger partial charge >= 0.3 is 12.2 Å². The zero-order valence-corrected chi connectivity index (χ0v) is 11.8. The Kier molecular flexibility index (Phi) is 4.98. The summed E-state index contributed by atoms with van der Waals surface area (Å²) in [6, 6.07) is 0. The topological polar surface area (TPSA) is 84.9 Å². The summed E-state index contributed by atoms with van der Waals surface area (Å²) in [5.41, 5.74) is 0. The van der Waals surface area contributed by atoms with E-state index < -0.39 is 30.2 Å². The Bertz CT molecular complexity index is 423. The highest BCUT2D eigenvalue weighted by Gasteiger charge is 2.39. The molecular weight excluding hydrogens is 283 g/mol. The SMILES string of the molecule is CNC(=O)O[C@H]1CC[C@H](C(F)C(=O)N2CCOC2=O)CC1. The molecule has 0 aromatic carbocycles. The minimum atomic E-state index is -1.71. The van der Waals surface area contributed by atoms with Crippen molar-refractivity contribution in [2.45, 2.75) is 38.0 Å². The molecule has 0 aromatic rings. The molecule has 0 radical (unpaired) electrons. The van der Waals surface area contributed by atoms with Crippen LogP contribution in [-0.4, -0.2) is 55.5 Å². The highest BCUT2D eigenvalue weighted by Crippen LogP contribution is 2.31. The second kappa shape index (κ2) is 6.73. The number of nitrogens with one attached hydrogen (secondary N) is 1. The molecule has 118 valence electrons. The van der Waals surface area contributed by atoms with E-state index in [1.165, 1.54) is 7.05 Å². The minimum absolute atomic E-state index is 0.104. The number of cyclic esters (lactones) is 1. The lowest BCUT2D eigenvalue weighted by atomic mass is 9.84. The molecule has 1 unspecified atom stereocenters. The molecule has 2 rings (SSSR count). The molecule has 8 heteroatoms. The molecule has 0 bridgehead atoms. The molecule has 1 saturated carbocycles. The standard InChI is InChI=1S/C13H19FN2O5/c1-15-12(18)21-9-4-2-8(3-5-9)10(14)11(17)16-6-7-20-13(16)19/h8-10H,2-7H2,1H3,(H,15,18)/t8-,9-,10?. The van der Waals surface area contributed by atoms with Crippen LogP contribution >= 0.6 is 0 Å². The molecule has 1 saturated heterocycles. The van der Waals surface area contributed by atoms with Gasteiger partial charge in [0.05, 0.1) is 6.54 Å². The van der Waals surface area contributed by atoms with Crippen LogP contribution in [0.25, 0.3) is 0 Å². The number of imide groups is 1. The number of alkyl carbamates (subject to hydrolysis) is 1.